The SMILES string of the molecule is Cc1ccc(S(=O)(=O)NC(=O)c2c3ccccc3nc3cccc([N+]4(O)C(=O)CCC4=O)c23)cc1. The molecule has 1 aromatic heterocycles. The highest BCUT2D eigenvalue weighted by Crippen LogP contribution is 2.39. The van der Waals surface area contributed by atoms with Gasteiger partial charge in [-0.2, -0.15) is 5.21 Å². The highest BCUT2D eigenvalue weighted by Gasteiger charge is 2.53. The summed E-state index contributed by atoms with van der Waals surface area (Å²) in [5.41, 5.74) is 1.21. The van der Waals surface area contributed by atoms with Crippen LogP contribution in [0.2, 0.25) is 0 Å². The van der Waals surface area contributed by atoms with Gasteiger partial charge in [0, 0.05) is 11.5 Å². The van der Waals surface area contributed by atoms with Crippen molar-refractivity contribution < 1.29 is 28.0 Å². The van der Waals surface area contributed by atoms with E-state index in [1.807, 2.05) is 0 Å². The van der Waals surface area contributed by atoms with Gasteiger partial charge >= 0.3 is 11.8 Å². The molecule has 3 aromatic carbocycles. The lowest BCUT2D eigenvalue weighted by molar-refractivity contribution is -0.167. The second-order valence-electron chi connectivity index (χ2n) is 8.35. The number of aromatic nitrogens is 1. The topological polar surface area (TPSA) is 130 Å². The molecule has 0 unspecified atom stereocenters. The number of para-hydroxylation sites is 1. The number of nitrogens with one attached hydrogen (secondary N) is 1. The molecule has 0 spiro atoms. The molecular weight excluding hydrogens is 470 g/mol. The van der Waals surface area contributed by atoms with Crippen LogP contribution in [0, 0.1) is 6.92 Å². The number of aryl methyl sites for hydroxylation is 1. The Morgan fingerprint density at radius 3 is 2.23 bits per heavy atom. The van der Waals surface area contributed by atoms with Crippen molar-refractivity contribution in [1.82, 2.24) is 14.4 Å². The maximum atomic E-state index is 13.6. The summed E-state index contributed by atoms with van der Waals surface area (Å²) < 4.78 is 26.5. The molecule has 5 rings (SSSR count). The number of rotatable bonds is 4. The lowest BCUT2D eigenvalue weighted by Crippen LogP contribution is -2.50. The Morgan fingerprint density at radius 2 is 1.54 bits per heavy atom. The van der Waals surface area contributed by atoms with Gasteiger partial charge in [0.15, 0.2) is 5.69 Å². The average Bonchev–Trinajstić information content (AvgIpc) is 3.10. The number of fused-ring (bicyclic) bond motifs is 2. The van der Waals surface area contributed by atoms with Gasteiger partial charge in [-0.25, -0.2) is 27.7 Å². The second kappa shape index (κ2) is 8.05. The van der Waals surface area contributed by atoms with Crippen LogP contribution in [-0.4, -0.2) is 36.3 Å². The summed E-state index contributed by atoms with van der Waals surface area (Å²) in [4.78, 5) is 43.3. The molecule has 0 aliphatic carbocycles. The molecule has 0 saturated carbocycles. The molecule has 176 valence electrons. The molecule has 0 bridgehead atoms. The summed E-state index contributed by atoms with van der Waals surface area (Å²) in [6.07, 6.45) is -0.313. The summed E-state index contributed by atoms with van der Waals surface area (Å²) in [6.45, 7) is 1.81. The molecule has 9 nitrogen and oxygen atoms in total. The van der Waals surface area contributed by atoms with Crippen LogP contribution in [0.25, 0.3) is 21.8 Å². The van der Waals surface area contributed by atoms with Crippen LogP contribution in [0.3, 0.4) is 0 Å². The third kappa shape index (κ3) is 3.59. The fourth-order valence-electron chi connectivity index (χ4n) is 4.32. The molecule has 2 N–H and O–H groups in total. The molecule has 0 radical (unpaired) electrons. The maximum Gasteiger partial charge on any atom is 0.359 e. The van der Waals surface area contributed by atoms with Gasteiger partial charge in [-0.1, -0.05) is 42.0 Å². The molecule has 1 saturated heterocycles. The zero-order valence-corrected chi connectivity index (χ0v) is 19.4. The number of pyridine rings is 1. The van der Waals surface area contributed by atoms with Gasteiger partial charge < -0.3 is 0 Å². The van der Waals surface area contributed by atoms with Gasteiger partial charge in [0.2, 0.25) is 0 Å². The number of sulfonamides is 1. The van der Waals surface area contributed by atoms with Crippen molar-refractivity contribution in [3.8, 4) is 0 Å². The van der Waals surface area contributed by atoms with E-state index in [0.29, 0.717) is 10.9 Å². The van der Waals surface area contributed by atoms with E-state index in [1.165, 1.54) is 24.3 Å². The van der Waals surface area contributed by atoms with Crippen molar-refractivity contribution in [2.45, 2.75) is 24.7 Å². The van der Waals surface area contributed by atoms with E-state index in [2.05, 4.69) is 9.71 Å². The molecule has 1 aliphatic rings. The first-order valence-electron chi connectivity index (χ1n) is 10.8. The number of hydrogen-bond acceptors (Lipinski definition) is 7. The van der Waals surface area contributed by atoms with E-state index in [1.54, 1.807) is 49.4 Å². The van der Waals surface area contributed by atoms with Gasteiger partial charge in [-0.3, -0.25) is 4.79 Å². The molecule has 10 heteroatoms. The first kappa shape index (κ1) is 22.8. The van der Waals surface area contributed by atoms with Gasteiger partial charge in [0.1, 0.15) is 0 Å². The lowest BCUT2D eigenvalue weighted by Gasteiger charge is -2.21. The molecular formula is C25H20N3O6S+. The average molecular weight is 491 g/mol. The quantitative estimate of drug-likeness (QED) is 0.194. The number of benzene rings is 3. The minimum Gasteiger partial charge on any atom is -0.268 e. The highest BCUT2D eigenvalue weighted by molar-refractivity contribution is 7.90. The maximum absolute atomic E-state index is 13.6. The molecule has 2 heterocycles. The van der Waals surface area contributed by atoms with Crippen LogP contribution in [0.5, 0.6) is 0 Å². The summed E-state index contributed by atoms with van der Waals surface area (Å²) in [5, 5.41) is 11.5. The predicted molar refractivity (Wildman–Crippen MR) is 128 cm³/mol. The summed E-state index contributed by atoms with van der Waals surface area (Å²) in [5.74, 6) is -2.46. The fraction of sp³-hybridized carbons (Fsp3) is 0.120. The molecule has 4 aromatic rings. The number of hydrogen-bond donors (Lipinski definition) is 2. The van der Waals surface area contributed by atoms with Crippen LogP contribution in [-0.2, 0) is 19.6 Å². The van der Waals surface area contributed by atoms with Crippen molar-refractivity contribution in [1.29, 1.82) is 0 Å². The standard InChI is InChI=1S/C25H19N3O6S/c1-15-9-11-16(12-10-15)35(33,34)27-25(31)23-17-5-2-3-6-18(17)26-19-7-4-8-20(24(19)23)28(32)21(29)13-14-22(28)30/h2-12,32H,13-14H2,1H3/p+1. The highest BCUT2D eigenvalue weighted by atomic mass is 32.2. The fourth-order valence-corrected chi connectivity index (χ4v) is 5.28. The Labute approximate surface area is 200 Å². The van der Waals surface area contributed by atoms with E-state index >= 15 is 0 Å². The van der Waals surface area contributed by atoms with E-state index in [-0.39, 0.29) is 39.9 Å². The van der Waals surface area contributed by atoms with E-state index < -0.39 is 32.4 Å². The van der Waals surface area contributed by atoms with Gasteiger partial charge in [-0.05, 0) is 35.8 Å². The zero-order valence-electron chi connectivity index (χ0n) is 18.6. The van der Waals surface area contributed by atoms with Crippen LogP contribution in [0.1, 0.15) is 28.8 Å². The molecule has 35 heavy (non-hydrogen) atoms. The zero-order chi connectivity index (χ0) is 25.0. The largest absolute Gasteiger partial charge is 0.359 e. The number of carbonyl (C=O) groups excluding carboxylic acids is 3. The molecule has 1 aliphatic heterocycles. The van der Waals surface area contributed by atoms with Crippen LogP contribution < -0.4 is 9.37 Å². The summed E-state index contributed by atoms with van der Waals surface area (Å²) >= 11 is 0. The third-order valence-corrected chi connectivity index (χ3v) is 7.44. The Morgan fingerprint density at radius 1 is 0.914 bits per heavy atom. The summed E-state index contributed by atoms with van der Waals surface area (Å²) in [6, 6.07) is 17.0. The summed E-state index contributed by atoms with van der Waals surface area (Å²) in [7, 11) is -4.25. The minimum atomic E-state index is -4.25. The Hall–Kier alpha value is -3.99. The van der Waals surface area contributed by atoms with Crippen molar-refractivity contribution >= 4 is 55.2 Å². The molecule has 1 fully saturated rings. The normalized spacial score (nSPS) is 15.6. The predicted octanol–water partition coefficient (Wildman–Crippen LogP) is 3.36. The number of hydroxylamine groups is 2. The monoisotopic (exact) mass is 490 g/mol. The molecule has 3 amide bonds. The van der Waals surface area contributed by atoms with Crippen LogP contribution in [0.4, 0.5) is 5.69 Å². The lowest BCUT2D eigenvalue weighted by atomic mass is 10.00. The minimum absolute atomic E-state index is 0.0221. The van der Waals surface area contributed by atoms with Gasteiger partial charge in [0.05, 0.1) is 39.7 Å². The van der Waals surface area contributed by atoms with Crippen molar-refractivity contribution in [3.05, 3.63) is 77.9 Å². The second-order valence-corrected chi connectivity index (χ2v) is 10.0. The van der Waals surface area contributed by atoms with Crippen molar-refractivity contribution in [3.63, 3.8) is 0 Å². The van der Waals surface area contributed by atoms with Crippen molar-refractivity contribution in [2.24, 2.45) is 0 Å². The number of carbonyl (C=O) groups is 3. The first-order chi connectivity index (χ1) is 16.6. The van der Waals surface area contributed by atoms with E-state index in [9.17, 15) is 28.0 Å². The number of amides is 3. The molecule has 0 atom stereocenters. The number of nitrogens with zero attached hydrogens (tertiary/aromatic N) is 2. The van der Waals surface area contributed by atoms with Crippen molar-refractivity contribution in [2.75, 3.05) is 0 Å². The van der Waals surface area contributed by atoms with E-state index in [0.717, 1.165) is 5.56 Å². The van der Waals surface area contributed by atoms with Gasteiger partial charge in [-0.15, -0.1) is 0 Å². The smallest absolute Gasteiger partial charge is 0.268 e. The number of imide groups is 1. The Balaban J connectivity index is 1.77. The Kier molecular flexibility index (Phi) is 5.24. The van der Waals surface area contributed by atoms with E-state index in [4.69, 9.17) is 0 Å². The van der Waals surface area contributed by atoms with Gasteiger partial charge in [0.25, 0.3) is 15.9 Å². The van der Waals surface area contributed by atoms with Crippen LogP contribution >= 0.6 is 0 Å². The first-order valence-corrected chi connectivity index (χ1v) is 12.3. The van der Waals surface area contributed by atoms with Crippen LogP contribution in [0.15, 0.2) is 71.6 Å². The number of quaternary nitrogens is 1. The third-order valence-electron chi connectivity index (χ3n) is 6.09. The Bertz CT molecular complexity index is 1650.